The molecule has 5 nitrogen and oxygen atoms in total. The molecule has 3 rings (SSSR count). The maximum atomic E-state index is 12.3. The monoisotopic (exact) mass is 398 g/mol. The molecule has 0 spiro atoms. The van der Waals surface area contributed by atoms with Crippen molar-refractivity contribution in [1.82, 2.24) is 10.3 Å². The number of hydrogen-bond acceptors (Lipinski definition) is 4. The molecule has 1 heterocycles. The number of carbonyl (C=O) groups is 2. The van der Waals surface area contributed by atoms with Crippen LogP contribution in [0.3, 0.4) is 0 Å². The SMILES string of the molecule is O=C(O)CC1(NC(=O)Cc2csc(-c3ccc(Cl)cc3Cl)n2)CCC1. The lowest BCUT2D eigenvalue weighted by molar-refractivity contribution is -0.140. The number of aromatic nitrogens is 1. The Hall–Kier alpha value is -1.63. The van der Waals surface area contributed by atoms with Gasteiger partial charge in [-0.25, -0.2) is 4.98 Å². The Morgan fingerprint density at radius 3 is 2.68 bits per heavy atom. The van der Waals surface area contributed by atoms with Gasteiger partial charge in [0.25, 0.3) is 0 Å². The minimum absolute atomic E-state index is 0.0402. The second-order valence-corrected chi connectivity index (χ2v) is 7.90. The number of aliphatic carboxylic acids is 1. The summed E-state index contributed by atoms with van der Waals surface area (Å²) in [6.45, 7) is 0. The fraction of sp³-hybridized carbons (Fsp3) is 0.353. The lowest BCUT2D eigenvalue weighted by Crippen LogP contribution is -2.55. The van der Waals surface area contributed by atoms with Crippen molar-refractivity contribution >= 4 is 46.4 Å². The molecule has 25 heavy (non-hydrogen) atoms. The van der Waals surface area contributed by atoms with Crippen LogP contribution in [0.15, 0.2) is 23.6 Å². The minimum Gasteiger partial charge on any atom is -0.481 e. The van der Waals surface area contributed by atoms with E-state index >= 15 is 0 Å². The van der Waals surface area contributed by atoms with Gasteiger partial charge in [-0.05, 0) is 37.5 Å². The number of nitrogens with one attached hydrogen (secondary N) is 1. The van der Waals surface area contributed by atoms with Crippen molar-refractivity contribution < 1.29 is 14.7 Å². The average molecular weight is 399 g/mol. The summed E-state index contributed by atoms with van der Waals surface area (Å²) in [5.41, 5.74) is 0.804. The normalized spacial score (nSPS) is 15.4. The number of halogens is 2. The first-order valence-corrected chi connectivity index (χ1v) is 9.43. The third-order valence-electron chi connectivity index (χ3n) is 4.26. The van der Waals surface area contributed by atoms with Crippen molar-refractivity contribution in [2.45, 2.75) is 37.6 Å². The predicted molar refractivity (Wildman–Crippen MR) is 98.3 cm³/mol. The molecule has 2 N–H and O–H groups in total. The van der Waals surface area contributed by atoms with Gasteiger partial charge >= 0.3 is 5.97 Å². The Labute approximate surface area is 159 Å². The Morgan fingerprint density at radius 2 is 2.08 bits per heavy atom. The molecule has 1 amide bonds. The molecule has 1 aliphatic rings. The molecule has 0 atom stereocenters. The first-order valence-electron chi connectivity index (χ1n) is 7.79. The van der Waals surface area contributed by atoms with Crippen molar-refractivity contribution in [1.29, 1.82) is 0 Å². The molecule has 0 bridgehead atoms. The average Bonchev–Trinajstić information content (AvgIpc) is 2.92. The third kappa shape index (κ3) is 4.32. The molecule has 8 heteroatoms. The zero-order chi connectivity index (χ0) is 18.0. The van der Waals surface area contributed by atoms with Crippen LogP contribution in [-0.2, 0) is 16.0 Å². The van der Waals surface area contributed by atoms with Crippen LogP contribution in [0.1, 0.15) is 31.4 Å². The quantitative estimate of drug-likeness (QED) is 0.764. The maximum Gasteiger partial charge on any atom is 0.305 e. The summed E-state index contributed by atoms with van der Waals surface area (Å²) < 4.78 is 0. The van der Waals surface area contributed by atoms with E-state index in [0.29, 0.717) is 33.6 Å². The van der Waals surface area contributed by atoms with Gasteiger partial charge in [-0.3, -0.25) is 9.59 Å². The van der Waals surface area contributed by atoms with E-state index in [0.717, 1.165) is 12.0 Å². The summed E-state index contributed by atoms with van der Waals surface area (Å²) >= 11 is 13.5. The number of amides is 1. The van der Waals surface area contributed by atoms with Gasteiger partial charge < -0.3 is 10.4 Å². The van der Waals surface area contributed by atoms with Gasteiger partial charge in [-0.15, -0.1) is 11.3 Å². The van der Waals surface area contributed by atoms with Crippen molar-refractivity contribution in [3.8, 4) is 10.6 Å². The Balaban J connectivity index is 1.67. The predicted octanol–water partition coefficient (Wildman–Crippen LogP) is 4.17. The molecular formula is C17H16Cl2N2O3S. The summed E-state index contributed by atoms with van der Waals surface area (Å²) in [6.07, 6.45) is 2.41. The van der Waals surface area contributed by atoms with Gasteiger partial charge in [0, 0.05) is 16.0 Å². The lowest BCUT2D eigenvalue weighted by Gasteiger charge is -2.41. The van der Waals surface area contributed by atoms with Gasteiger partial charge in [-0.2, -0.15) is 0 Å². The number of benzene rings is 1. The second-order valence-electron chi connectivity index (χ2n) is 6.20. The number of nitrogens with zero attached hydrogens (tertiary/aromatic N) is 1. The molecule has 0 aliphatic heterocycles. The first kappa shape index (κ1) is 18.2. The van der Waals surface area contributed by atoms with E-state index in [9.17, 15) is 9.59 Å². The van der Waals surface area contributed by atoms with Crippen molar-refractivity contribution in [3.63, 3.8) is 0 Å². The fourth-order valence-electron chi connectivity index (χ4n) is 2.92. The van der Waals surface area contributed by atoms with Crippen molar-refractivity contribution in [2.75, 3.05) is 0 Å². The standard InChI is InChI=1S/C17H16Cl2N2O3S/c18-10-2-3-12(13(19)6-10)16-20-11(9-25-16)7-14(22)21-17(4-1-5-17)8-15(23)24/h2-3,6,9H,1,4-5,7-8H2,(H,21,22)(H,23,24). The number of carboxylic acid groups (broad SMARTS) is 1. The highest BCUT2D eigenvalue weighted by molar-refractivity contribution is 7.13. The molecule has 1 fully saturated rings. The molecule has 0 unspecified atom stereocenters. The molecule has 1 aromatic heterocycles. The molecule has 132 valence electrons. The Bertz CT molecular complexity index is 818. The second kappa shape index (κ2) is 7.32. The highest BCUT2D eigenvalue weighted by Gasteiger charge is 2.40. The van der Waals surface area contributed by atoms with E-state index < -0.39 is 11.5 Å². The van der Waals surface area contributed by atoms with Crippen LogP contribution in [-0.4, -0.2) is 27.5 Å². The Morgan fingerprint density at radius 1 is 1.32 bits per heavy atom. The number of carboxylic acids is 1. The molecule has 0 saturated heterocycles. The van der Waals surface area contributed by atoms with Crippen LogP contribution in [0.4, 0.5) is 0 Å². The van der Waals surface area contributed by atoms with Gasteiger partial charge in [-0.1, -0.05) is 23.2 Å². The number of thiazole rings is 1. The molecular weight excluding hydrogens is 383 g/mol. The van der Waals surface area contributed by atoms with E-state index in [1.165, 1.54) is 11.3 Å². The van der Waals surface area contributed by atoms with Gasteiger partial charge in [0.2, 0.25) is 5.91 Å². The number of hydrogen-bond donors (Lipinski definition) is 2. The molecule has 1 saturated carbocycles. The van der Waals surface area contributed by atoms with Crippen molar-refractivity contribution in [3.05, 3.63) is 39.3 Å². The maximum absolute atomic E-state index is 12.3. The van der Waals surface area contributed by atoms with Crippen LogP contribution >= 0.6 is 34.5 Å². The summed E-state index contributed by atoms with van der Waals surface area (Å²) in [5.74, 6) is -1.10. The van der Waals surface area contributed by atoms with Crippen LogP contribution in [0.5, 0.6) is 0 Å². The summed E-state index contributed by atoms with van der Waals surface area (Å²) in [7, 11) is 0. The topological polar surface area (TPSA) is 79.3 Å². The van der Waals surface area contributed by atoms with Crippen LogP contribution < -0.4 is 5.32 Å². The zero-order valence-corrected chi connectivity index (χ0v) is 15.5. The molecule has 1 aliphatic carbocycles. The van der Waals surface area contributed by atoms with E-state index in [4.69, 9.17) is 28.3 Å². The van der Waals surface area contributed by atoms with Crippen LogP contribution in [0.2, 0.25) is 10.0 Å². The smallest absolute Gasteiger partial charge is 0.305 e. The van der Waals surface area contributed by atoms with E-state index in [1.54, 1.807) is 18.2 Å². The van der Waals surface area contributed by atoms with Crippen LogP contribution in [0.25, 0.3) is 10.6 Å². The van der Waals surface area contributed by atoms with E-state index in [1.807, 2.05) is 5.38 Å². The largest absolute Gasteiger partial charge is 0.481 e. The van der Waals surface area contributed by atoms with E-state index in [2.05, 4.69) is 10.3 Å². The minimum atomic E-state index is -0.895. The fourth-order valence-corrected chi connectivity index (χ4v) is 4.33. The summed E-state index contributed by atoms with van der Waals surface area (Å²) in [5, 5.41) is 15.5. The summed E-state index contributed by atoms with van der Waals surface area (Å²) in [6, 6.07) is 5.19. The van der Waals surface area contributed by atoms with Crippen LogP contribution in [0, 0.1) is 0 Å². The van der Waals surface area contributed by atoms with E-state index in [-0.39, 0.29) is 18.7 Å². The third-order valence-corrected chi connectivity index (χ3v) is 5.73. The molecule has 1 aromatic carbocycles. The highest BCUT2D eigenvalue weighted by Crippen LogP contribution is 2.35. The van der Waals surface area contributed by atoms with Gasteiger partial charge in [0.15, 0.2) is 0 Å². The lowest BCUT2D eigenvalue weighted by atomic mass is 9.74. The number of rotatable bonds is 6. The summed E-state index contributed by atoms with van der Waals surface area (Å²) in [4.78, 5) is 27.7. The molecule has 0 radical (unpaired) electrons. The Kier molecular flexibility index (Phi) is 5.32. The highest BCUT2D eigenvalue weighted by atomic mass is 35.5. The van der Waals surface area contributed by atoms with Gasteiger partial charge in [0.1, 0.15) is 5.01 Å². The number of carbonyl (C=O) groups excluding carboxylic acids is 1. The zero-order valence-electron chi connectivity index (χ0n) is 13.2. The van der Waals surface area contributed by atoms with Gasteiger partial charge in [0.05, 0.1) is 29.1 Å². The van der Waals surface area contributed by atoms with Crippen molar-refractivity contribution in [2.24, 2.45) is 0 Å². The first-order chi connectivity index (χ1) is 11.9. The molecule has 2 aromatic rings.